The fourth-order valence-corrected chi connectivity index (χ4v) is 3.05. The van der Waals surface area contributed by atoms with Crippen molar-refractivity contribution in [1.82, 2.24) is 24.1 Å². The van der Waals surface area contributed by atoms with Crippen LogP contribution in [0, 0.1) is 18.3 Å². The van der Waals surface area contributed by atoms with E-state index in [0.29, 0.717) is 16.8 Å². The molecule has 4 aromatic rings. The highest BCUT2D eigenvalue weighted by molar-refractivity contribution is 5.81. The molecule has 6 nitrogen and oxygen atoms in total. The number of fused-ring (bicyclic) bond motifs is 1. The van der Waals surface area contributed by atoms with E-state index in [-0.39, 0.29) is 5.69 Å². The molecule has 0 aromatic carbocycles. The average molecular weight is 408 g/mol. The summed E-state index contributed by atoms with van der Waals surface area (Å²) in [4.78, 5) is 8.87. The first-order valence-electron chi connectivity index (χ1n) is 8.91. The lowest BCUT2D eigenvalue weighted by Gasteiger charge is -2.08. The maximum atomic E-state index is 12.8. The quantitative estimate of drug-likeness (QED) is 0.485. The number of halogens is 3. The molecule has 4 heterocycles. The fourth-order valence-electron chi connectivity index (χ4n) is 3.05. The number of alkyl halides is 3. The zero-order valence-corrected chi connectivity index (χ0v) is 16.0. The van der Waals surface area contributed by atoms with Crippen LogP contribution >= 0.6 is 0 Å². The third-order valence-corrected chi connectivity index (χ3v) is 4.55. The molecule has 0 aliphatic heterocycles. The predicted octanol–water partition coefficient (Wildman–Crippen LogP) is 4.86. The number of pyridine rings is 2. The van der Waals surface area contributed by atoms with Crippen molar-refractivity contribution >= 4 is 11.8 Å². The molecule has 0 spiro atoms. The van der Waals surface area contributed by atoms with Gasteiger partial charge in [0.1, 0.15) is 17.4 Å². The van der Waals surface area contributed by atoms with Gasteiger partial charge in [-0.05, 0) is 38.1 Å². The lowest BCUT2D eigenvalue weighted by Crippen LogP contribution is -2.09. The summed E-state index contributed by atoms with van der Waals surface area (Å²) in [5.41, 5.74) is 3.52. The van der Waals surface area contributed by atoms with Crippen molar-refractivity contribution in [1.29, 1.82) is 5.26 Å². The average Bonchev–Trinajstić information content (AvgIpc) is 3.31. The number of aryl methyl sites for hydroxylation is 1. The van der Waals surface area contributed by atoms with Gasteiger partial charge < -0.3 is 4.40 Å². The topological polar surface area (TPSA) is 71.8 Å². The molecule has 0 unspecified atom stereocenters. The Kier molecular flexibility index (Phi) is 4.62. The second-order valence-corrected chi connectivity index (χ2v) is 6.79. The summed E-state index contributed by atoms with van der Waals surface area (Å²) in [6.07, 6.45) is 3.17. The van der Waals surface area contributed by atoms with E-state index < -0.39 is 11.7 Å². The summed E-state index contributed by atoms with van der Waals surface area (Å²) in [5.74, 6) is 0. The van der Waals surface area contributed by atoms with Crippen LogP contribution < -0.4 is 0 Å². The summed E-state index contributed by atoms with van der Waals surface area (Å²) in [6.45, 7) is 2.87. The highest BCUT2D eigenvalue weighted by Gasteiger charge is 2.30. The van der Waals surface area contributed by atoms with Gasteiger partial charge in [-0.2, -0.15) is 23.5 Å². The van der Waals surface area contributed by atoms with Crippen LogP contribution in [-0.4, -0.2) is 30.3 Å². The molecule has 0 fully saturated rings. The van der Waals surface area contributed by atoms with Gasteiger partial charge in [0.15, 0.2) is 0 Å². The number of rotatable bonds is 3. The Morgan fingerprint density at radius 3 is 2.67 bits per heavy atom. The van der Waals surface area contributed by atoms with Crippen molar-refractivity contribution in [2.24, 2.45) is 0 Å². The molecule has 0 bridgehead atoms. The van der Waals surface area contributed by atoms with Crippen LogP contribution in [0.1, 0.15) is 18.3 Å². The van der Waals surface area contributed by atoms with Gasteiger partial charge in [-0.15, -0.1) is 0 Å². The maximum Gasteiger partial charge on any atom is 0.413 e. The SMILES string of the molecule is CC(=Cn1cc(-c2ccc(C#N)nc2-c2ccn3cc(C)nc3c2)cn1)C(F)(F)F. The molecule has 0 amide bonds. The fraction of sp³-hybridized carbons (Fsp3) is 0.143. The van der Waals surface area contributed by atoms with Gasteiger partial charge in [0, 0.05) is 47.1 Å². The minimum atomic E-state index is -4.43. The van der Waals surface area contributed by atoms with Crippen LogP contribution in [-0.2, 0) is 0 Å². The zero-order valence-electron chi connectivity index (χ0n) is 16.0. The van der Waals surface area contributed by atoms with Gasteiger partial charge in [0.05, 0.1) is 17.6 Å². The predicted molar refractivity (Wildman–Crippen MR) is 105 cm³/mol. The molecule has 0 radical (unpaired) electrons. The number of hydrogen-bond acceptors (Lipinski definition) is 4. The van der Waals surface area contributed by atoms with Crippen LogP contribution in [0.15, 0.2) is 54.6 Å². The molecule has 4 rings (SSSR count). The smallest absolute Gasteiger partial charge is 0.307 e. The first-order valence-corrected chi connectivity index (χ1v) is 8.91. The molecule has 9 heteroatoms. The molecule has 30 heavy (non-hydrogen) atoms. The third-order valence-electron chi connectivity index (χ3n) is 4.55. The highest BCUT2D eigenvalue weighted by atomic mass is 19.4. The molecule has 0 aliphatic carbocycles. The summed E-state index contributed by atoms with van der Waals surface area (Å²) in [6, 6.07) is 8.98. The number of nitrogens with zero attached hydrogens (tertiary/aromatic N) is 6. The standard InChI is InChI=1S/C21H15F3N6/c1-13(21(22,23)24)10-30-12-16(9-26-30)18-4-3-17(8-25)28-20(18)15-5-6-29-11-14(2)27-19(29)7-15/h3-7,9-12H,1-2H3. The van der Waals surface area contributed by atoms with Gasteiger partial charge >= 0.3 is 6.18 Å². The molecular weight excluding hydrogens is 393 g/mol. The van der Waals surface area contributed by atoms with Gasteiger partial charge in [0.25, 0.3) is 0 Å². The van der Waals surface area contributed by atoms with E-state index in [1.54, 1.807) is 12.1 Å². The summed E-state index contributed by atoms with van der Waals surface area (Å²) in [7, 11) is 0. The van der Waals surface area contributed by atoms with Crippen LogP contribution in [0.25, 0.3) is 34.2 Å². The molecule has 0 N–H and O–H groups in total. The molecule has 4 aromatic heterocycles. The number of allylic oxidation sites excluding steroid dienone is 1. The Labute approximate surface area is 169 Å². The van der Waals surface area contributed by atoms with Crippen LogP contribution in [0.4, 0.5) is 13.2 Å². The van der Waals surface area contributed by atoms with E-state index in [9.17, 15) is 18.4 Å². The number of aromatic nitrogens is 5. The normalized spacial score (nSPS) is 12.3. The first-order chi connectivity index (χ1) is 14.2. The lowest BCUT2D eigenvalue weighted by atomic mass is 10.0. The van der Waals surface area contributed by atoms with Gasteiger partial charge in [0.2, 0.25) is 0 Å². The molecule has 150 valence electrons. The Morgan fingerprint density at radius 1 is 1.13 bits per heavy atom. The van der Waals surface area contributed by atoms with Crippen molar-refractivity contribution in [2.75, 3.05) is 0 Å². The Morgan fingerprint density at radius 2 is 1.93 bits per heavy atom. The van der Waals surface area contributed by atoms with E-state index in [1.807, 2.05) is 41.9 Å². The second-order valence-electron chi connectivity index (χ2n) is 6.79. The maximum absolute atomic E-state index is 12.8. The molecule has 0 aliphatic rings. The first kappa shape index (κ1) is 19.4. The van der Waals surface area contributed by atoms with Crippen molar-refractivity contribution in [3.8, 4) is 28.5 Å². The Hall–Kier alpha value is -3.93. The van der Waals surface area contributed by atoms with Crippen molar-refractivity contribution in [3.05, 3.63) is 66.0 Å². The third kappa shape index (κ3) is 3.67. The summed E-state index contributed by atoms with van der Waals surface area (Å²) < 4.78 is 41.4. The largest absolute Gasteiger partial charge is 0.413 e. The second kappa shape index (κ2) is 7.15. The number of nitriles is 1. The summed E-state index contributed by atoms with van der Waals surface area (Å²) in [5, 5.41) is 13.3. The van der Waals surface area contributed by atoms with Crippen molar-refractivity contribution in [2.45, 2.75) is 20.0 Å². The highest BCUT2D eigenvalue weighted by Crippen LogP contribution is 2.32. The van der Waals surface area contributed by atoms with E-state index >= 15 is 0 Å². The van der Waals surface area contributed by atoms with Crippen LogP contribution in [0.3, 0.4) is 0 Å². The summed E-state index contributed by atoms with van der Waals surface area (Å²) >= 11 is 0. The number of hydrogen-bond donors (Lipinski definition) is 0. The molecular formula is C21H15F3N6. The molecule has 0 atom stereocenters. The minimum absolute atomic E-state index is 0.230. The Balaban J connectivity index is 1.82. The van der Waals surface area contributed by atoms with Crippen molar-refractivity contribution < 1.29 is 13.2 Å². The molecule has 0 saturated carbocycles. The zero-order chi connectivity index (χ0) is 21.5. The van der Waals surface area contributed by atoms with E-state index in [4.69, 9.17) is 0 Å². The van der Waals surface area contributed by atoms with E-state index in [0.717, 1.165) is 34.7 Å². The van der Waals surface area contributed by atoms with Gasteiger partial charge in [-0.1, -0.05) is 0 Å². The van der Waals surface area contributed by atoms with E-state index in [1.165, 1.54) is 12.4 Å². The minimum Gasteiger partial charge on any atom is -0.307 e. The van der Waals surface area contributed by atoms with Gasteiger partial charge in [-0.25, -0.2) is 14.6 Å². The monoisotopic (exact) mass is 408 g/mol. The number of imidazole rings is 1. The van der Waals surface area contributed by atoms with Gasteiger partial charge in [-0.3, -0.25) is 0 Å². The molecule has 0 saturated heterocycles. The van der Waals surface area contributed by atoms with Crippen molar-refractivity contribution in [3.63, 3.8) is 0 Å². The van der Waals surface area contributed by atoms with E-state index in [2.05, 4.69) is 15.1 Å². The van der Waals surface area contributed by atoms with Crippen LogP contribution in [0.5, 0.6) is 0 Å². The lowest BCUT2D eigenvalue weighted by molar-refractivity contribution is -0.0906. The Bertz CT molecular complexity index is 1320. The van der Waals surface area contributed by atoms with Crippen LogP contribution in [0.2, 0.25) is 0 Å².